The van der Waals surface area contributed by atoms with Gasteiger partial charge >= 0.3 is 0 Å². The molecule has 0 saturated carbocycles. The molecule has 15 heavy (non-hydrogen) atoms. The standard InChI is InChI=1S/C11H12N4/c12-10(11-14-4-1-5-15-11)8-9-2-6-13-7-3-9/h1-7,10H,8,12H2. The van der Waals surface area contributed by atoms with Gasteiger partial charge in [-0.05, 0) is 30.2 Å². The van der Waals surface area contributed by atoms with E-state index < -0.39 is 0 Å². The van der Waals surface area contributed by atoms with Crippen molar-refractivity contribution in [3.05, 3.63) is 54.4 Å². The fraction of sp³-hybridized carbons (Fsp3) is 0.182. The van der Waals surface area contributed by atoms with Crippen molar-refractivity contribution >= 4 is 0 Å². The third kappa shape index (κ3) is 2.57. The quantitative estimate of drug-likeness (QED) is 0.806. The number of rotatable bonds is 3. The van der Waals surface area contributed by atoms with Crippen LogP contribution in [0.25, 0.3) is 0 Å². The first kappa shape index (κ1) is 9.73. The van der Waals surface area contributed by atoms with Gasteiger partial charge in [-0.25, -0.2) is 9.97 Å². The highest BCUT2D eigenvalue weighted by Gasteiger charge is 2.08. The maximum absolute atomic E-state index is 5.98. The normalized spacial score (nSPS) is 12.3. The van der Waals surface area contributed by atoms with E-state index in [4.69, 9.17) is 5.73 Å². The minimum absolute atomic E-state index is 0.159. The van der Waals surface area contributed by atoms with Crippen LogP contribution in [-0.2, 0) is 6.42 Å². The molecule has 1 atom stereocenters. The number of aromatic nitrogens is 3. The van der Waals surface area contributed by atoms with E-state index in [1.165, 1.54) is 0 Å². The van der Waals surface area contributed by atoms with Crippen molar-refractivity contribution in [2.75, 3.05) is 0 Å². The SMILES string of the molecule is NC(Cc1ccncc1)c1ncccn1. The molecular weight excluding hydrogens is 188 g/mol. The van der Waals surface area contributed by atoms with Gasteiger partial charge in [0.2, 0.25) is 0 Å². The van der Waals surface area contributed by atoms with Crippen LogP contribution in [0.3, 0.4) is 0 Å². The van der Waals surface area contributed by atoms with E-state index in [0.29, 0.717) is 5.82 Å². The molecule has 2 aromatic rings. The number of nitrogens with two attached hydrogens (primary N) is 1. The first-order valence-corrected chi connectivity index (χ1v) is 4.77. The smallest absolute Gasteiger partial charge is 0.145 e. The number of pyridine rings is 1. The molecule has 0 fully saturated rings. The minimum atomic E-state index is -0.159. The third-order valence-electron chi connectivity index (χ3n) is 2.12. The zero-order chi connectivity index (χ0) is 10.5. The van der Waals surface area contributed by atoms with E-state index in [9.17, 15) is 0 Å². The Morgan fingerprint density at radius 1 is 1.07 bits per heavy atom. The van der Waals surface area contributed by atoms with Gasteiger partial charge in [-0.3, -0.25) is 4.98 Å². The Morgan fingerprint density at radius 2 is 1.73 bits per heavy atom. The monoisotopic (exact) mass is 200 g/mol. The summed E-state index contributed by atoms with van der Waals surface area (Å²) in [6.07, 6.45) is 7.65. The Kier molecular flexibility index (Phi) is 2.99. The first-order chi connectivity index (χ1) is 7.36. The van der Waals surface area contributed by atoms with Gasteiger partial charge in [0.25, 0.3) is 0 Å². The van der Waals surface area contributed by atoms with E-state index in [-0.39, 0.29) is 6.04 Å². The molecule has 2 N–H and O–H groups in total. The van der Waals surface area contributed by atoms with Gasteiger partial charge in [0.05, 0.1) is 6.04 Å². The summed E-state index contributed by atoms with van der Waals surface area (Å²) < 4.78 is 0. The van der Waals surface area contributed by atoms with Gasteiger partial charge in [0.1, 0.15) is 5.82 Å². The molecule has 4 nitrogen and oxygen atoms in total. The Balaban J connectivity index is 2.08. The van der Waals surface area contributed by atoms with Gasteiger partial charge in [-0.1, -0.05) is 0 Å². The molecule has 0 radical (unpaired) electrons. The summed E-state index contributed by atoms with van der Waals surface area (Å²) in [4.78, 5) is 12.2. The van der Waals surface area contributed by atoms with Gasteiger partial charge in [-0.15, -0.1) is 0 Å². The van der Waals surface area contributed by atoms with Gasteiger partial charge in [-0.2, -0.15) is 0 Å². The predicted molar refractivity (Wildman–Crippen MR) is 56.9 cm³/mol. The van der Waals surface area contributed by atoms with E-state index >= 15 is 0 Å². The summed E-state index contributed by atoms with van der Waals surface area (Å²) in [5.41, 5.74) is 7.13. The van der Waals surface area contributed by atoms with Gasteiger partial charge in [0.15, 0.2) is 0 Å². The lowest BCUT2D eigenvalue weighted by atomic mass is 10.1. The lowest BCUT2D eigenvalue weighted by Crippen LogP contribution is -2.16. The number of hydrogen-bond donors (Lipinski definition) is 1. The summed E-state index contributed by atoms with van der Waals surface area (Å²) in [6.45, 7) is 0. The third-order valence-corrected chi connectivity index (χ3v) is 2.12. The van der Waals surface area contributed by atoms with Gasteiger partial charge < -0.3 is 5.73 Å². The van der Waals surface area contributed by atoms with Crippen molar-refractivity contribution in [1.82, 2.24) is 15.0 Å². The van der Waals surface area contributed by atoms with Crippen LogP contribution < -0.4 is 5.73 Å². The molecule has 0 saturated heterocycles. The van der Waals surface area contributed by atoms with Crippen molar-refractivity contribution in [1.29, 1.82) is 0 Å². The van der Waals surface area contributed by atoms with Crippen molar-refractivity contribution in [3.8, 4) is 0 Å². The summed E-state index contributed by atoms with van der Waals surface area (Å²) in [5, 5.41) is 0. The second-order valence-corrected chi connectivity index (χ2v) is 3.27. The molecule has 0 aromatic carbocycles. The number of hydrogen-bond acceptors (Lipinski definition) is 4. The summed E-state index contributed by atoms with van der Waals surface area (Å²) in [7, 11) is 0. The zero-order valence-corrected chi connectivity index (χ0v) is 8.24. The maximum Gasteiger partial charge on any atom is 0.145 e. The molecule has 0 bridgehead atoms. The molecule has 2 aromatic heterocycles. The Morgan fingerprint density at radius 3 is 2.40 bits per heavy atom. The van der Waals surface area contributed by atoms with Crippen LogP contribution in [0.15, 0.2) is 43.0 Å². The molecule has 2 heterocycles. The lowest BCUT2D eigenvalue weighted by Gasteiger charge is -2.09. The fourth-order valence-electron chi connectivity index (χ4n) is 1.37. The van der Waals surface area contributed by atoms with E-state index in [2.05, 4.69) is 15.0 Å². The van der Waals surface area contributed by atoms with E-state index in [1.807, 2.05) is 12.1 Å². The lowest BCUT2D eigenvalue weighted by molar-refractivity contribution is 0.666. The summed E-state index contributed by atoms with van der Waals surface area (Å²) in [5.74, 6) is 0.675. The number of nitrogens with zero attached hydrogens (tertiary/aromatic N) is 3. The summed E-state index contributed by atoms with van der Waals surface area (Å²) in [6, 6.07) is 5.52. The Hall–Kier alpha value is -1.81. The molecule has 76 valence electrons. The van der Waals surface area contributed by atoms with Crippen LogP contribution in [0.2, 0.25) is 0 Å². The average molecular weight is 200 g/mol. The second kappa shape index (κ2) is 4.61. The first-order valence-electron chi connectivity index (χ1n) is 4.77. The Labute approximate surface area is 88.2 Å². The molecule has 0 spiro atoms. The molecule has 0 aliphatic rings. The van der Waals surface area contributed by atoms with Crippen LogP contribution in [-0.4, -0.2) is 15.0 Å². The van der Waals surface area contributed by atoms with Gasteiger partial charge in [0, 0.05) is 24.8 Å². The molecule has 2 rings (SSSR count). The van der Waals surface area contributed by atoms with Crippen molar-refractivity contribution < 1.29 is 0 Å². The molecular formula is C11H12N4. The minimum Gasteiger partial charge on any atom is -0.321 e. The molecule has 4 heteroatoms. The molecule has 0 aliphatic heterocycles. The van der Waals surface area contributed by atoms with Crippen LogP contribution in [0.4, 0.5) is 0 Å². The molecule has 0 amide bonds. The highest BCUT2D eigenvalue weighted by Crippen LogP contribution is 2.10. The second-order valence-electron chi connectivity index (χ2n) is 3.27. The summed E-state index contributed by atoms with van der Waals surface area (Å²) >= 11 is 0. The van der Waals surface area contributed by atoms with E-state index in [0.717, 1.165) is 12.0 Å². The van der Waals surface area contributed by atoms with Crippen molar-refractivity contribution in [2.45, 2.75) is 12.5 Å². The largest absolute Gasteiger partial charge is 0.321 e. The molecule has 1 unspecified atom stereocenters. The maximum atomic E-state index is 5.98. The van der Waals surface area contributed by atoms with Crippen LogP contribution in [0.1, 0.15) is 17.4 Å². The Bertz CT molecular complexity index is 401. The zero-order valence-electron chi connectivity index (χ0n) is 8.24. The van der Waals surface area contributed by atoms with Crippen LogP contribution >= 0.6 is 0 Å². The van der Waals surface area contributed by atoms with Crippen LogP contribution in [0.5, 0.6) is 0 Å². The van der Waals surface area contributed by atoms with Crippen molar-refractivity contribution in [3.63, 3.8) is 0 Å². The molecule has 0 aliphatic carbocycles. The fourth-order valence-corrected chi connectivity index (χ4v) is 1.37. The average Bonchev–Trinajstić information content (AvgIpc) is 2.31. The van der Waals surface area contributed by atoms with Crippen LogP contribution in [0, 0.1) is 0 Å². The highest BCUT2D eigenvalue weighted by molar-refractivity contribution is 5.13. The van der Waals surface area contributed by atoms with E-state index in [1.54, 1.807) is 30.9 Å². The predicted octanol–water partition coefficient (Wildman–Crippen LogP) is 1.11. The van der Waals surface area contributed by atoms with Crippen molar-refractivity contribution in [2.24, 2.45) is 5.73 Å². The topological polar surface area (TPSA) is 64.7 Å². The highest BCUT2D eigenvalue weighted by atomic mass is 14.9.